The van der Waals surface area contributed by atoms with Crippen LogP contribution in [0.2, 0.25) is 0 Å². The molecule has 0 bridgehead atoms. The summed E-state index contributed by atoms with van der Waals surface area (Å²) in [5.41, 5.74) is 16.4. The highest BCUT2D eigenvalue weighted by molar-refractivity contribution is 5.59. The quantitative estimate of drug-likeness (QED) is 0.510. The third-order valence-corrected chi connectivity index (χ3v) is 3.57. The van der Waals surface area contributed by atoms with Gasteiger partial charge >= 0.3 is 0 Å². The lowest BCUT2D eigenvalue weighted by molar-refractivity contribution is 0.473. The first kappa shape index (κ1) is 18.0. The lowest BCUT2D eigenvalue weighted by atomic mass is 10.0. The Morgan fingerprint density at radius 3 is 2.68 bits per heavy atom. The molecule has 1 rings (SSSR count). The zero-order chi connectivity index (χ0) is 16.4. The van der Waals surface area contributed by atoms with Crippen molar-refractivity contribution in [2.75, 3.05) is 12.4 Å². The molecule has 22 heavy (non-hydrogen) atoms. The molecule has 0 unspecified atom stereocenters. The topological polar surface area (TPSA) is 52.0 Å². The van der Waals surface area contributed by atoms with E-state index in [9.17, 15) is 4.39 Å². The van der Waals surface area contributed by atoms with E-state index in [1.165, 1.54) is 5.57 Å². The van der Waals surface area contributed by atoms with Crippen molar-refractivity contribution in [1.29, 1.82) is 0 Å². The number of anilines is 1. The van der Waals surface area contributed by atoms with Crippen LogP contribution >= 0.6 is 0 Å². The Labute approximate surface area is 133 Å². The highest BCUT2D eigenvalue weighted by Crippen LogP contribution is 2.19. The van der Waals surface area contributed by atoms with E-state index in [1.54, 1.807) is 0 Å². The molecular formula is C19H27FN2. The Morgan fingerprint density at radius 2 is 2.05 bits per heavy atom. The number of benzene rings is 1. The summed E-state index contributed by atoms with van der Waals surface area (Å²) in [6, 6.07) is 5.91. The number of nitrogens with two attached hydrogens (primary N) is 2. The number of nitrogen functional groups attached to an aromatic ring is 1. The molecule has 0 amide bonds. The van der Waals surface area contributed by atoms with E-state index in [-0.39, 0.29) is 6.67 Å². The molecule has 1 aromatic rings. The Bertz CT molecular complexity index is 544. The Hall–Kier alpha value is -2.03. The van der Waals surface area contributed by atoms with Crippen LogP contribution in [0.4, 0.5) is 10.1 Å². The van der Waals surface area contributed by atoms with E-state index in [2.05, 4.69) is 24.8 Å². The third-order valence-electron chi connectivity index (χ3n) is 3.57. The van der Waals surface area contributed by atoms with E-state index in [1.807, 2.05) is 25.1 Å². The summed E-state index contributed by atoms with van der Waals surface area (Å²) >= 11 is 0. The van der Waals surface area contributed by atoms with Crippen molar-refractivity contribution >= 4 is 11.8 Å². The molecule has 4 N–H and O–H groups in total. The molecular weight excluding hydrogens is 275 g/mol. The molecule has 0 fully saturated rings. The van der Waals surface area contributed by atoms with E-state index in [0.717, 1.165) is 41.8 Å². The molecule has 0 aliphatic carbocycles. The maximum Gasteiger partial charge on any atom is 0.0897 e. The molecule has 0 heterocycles. The fourth-order valence-electron chi connectivity index (χ4n) is 2.25. The Balaban J connectivity index is 2.69. The predicted octanol–water partition coefficient (Wildman–Crippen LogP) is 4.77. The Morgan fingerprint density at radius 1 is 1.27 bits per heavy atom. The summed E-state index contributed by atoms with van der Waals surface area (Å²) in [6.45, 7) is 5.44. The Kier molecular flexibility index (Phi) is 8.05. The third kappa shape index (κ3) is 6.61. The maximum atomic E-state index is 12.3. The van der Waals surface area contributed by atoms with Gasteiger partial charge in [0.25, 0.3) is 0 Å². The number of hydrogen-bond acceptors (Lipinski definition) is 2. The smallest absolute Gasteiger partial charge is 0.0897 e. The fraction of sp³-hybridized carbons (Fsp3) is 0.368. The van der Waals surface area contributed by atoms with Crippen LogP contribution in [-0.4, -0.2) is 6.67 Å². The first-order valence-corrected chi connectivity index (χ1v) is 7.77. The van der Waals surface area contributed by atoms with Gasteiger partial charge < -0.3 is 11.5 Å². The summed E-state index contributed by atoms with van der Waals surface area (Å²) in [5.74, 6) is 0. The molecule has 0 spiro atoms. The van der Waals surface area contributed by atoms with Gasteiger partial charge in [-0.05, 0) is 62.3 Å². The lowest BCUT2D eigenvalue weighted by Gasteiger charge is -2.06. The van der Waals surface area contributed by atoms with Crippen LogP contribution < -0.4 is 11.5 Å². The molecule has 0 radical (unpaired) electrons. The van der Waals surface area contributed by atoms with Gasteiger partial charge in [0.2, 0.25) is 0 Å². The first-order chi connectivity index (χ1) is 10.6. The van der Waals surface area contributed by atoms with Crippen molar-refractivity contribution in [2.24, 2.45) is 5.73 Å². The molecule has 0 aliphatic rings. The van der Waals surface area contributed by atoms with Crippen LogP contribution in [-0.2, 0) is 6.42 Å². The van der Waals surface area contributed by atoms with Crippen molar-refractivity contribution in [3.05, 3.63) is 59.3 Å². The van der Waals surface area contributed by atoms with Gasteiger partial charge in [-0.2, -0.15) is 0 Å². The van der Waals surface area contributed by atoms with Gasteiger partial charge in [-0.15, -0.1) is 0 Å². The van der Waals surface area contributed by atoms with Crippen molar-refractivity contribution in [1.82, 2.24) is 0 Å². The zero-order valence-electron chi connectivity index (χ0n) is 13.4. The normalized spacial score (nSPS) is 12.0. The van der Waals surface area contributed by atoms with E-state index in [4.69, 9.17) is 11.5 Å². The SMILES string of the molecule is C=C(N)CCCC(/C=C/c1ccc(N)c(CCCF)c1)=C\C. The summed E-state index contributed by atoms with van der Waals surface area (Å²) in [5, 5.41) is 0. The maximum absolute atomic E-state index is 12.3. The van der Waals surface area contributed by atoms with Gasteiger partial charge in [-0.25, -0.2) is 0 Å². The molecule has 0 saturated heterocycles. The predicted molar refractivity (Wildman–Crippen MR) is 95.1 cm³/mol. The van der Waals surface area contributed by atoms with E-state index in [0.29, 0.717) is 12.8 Å². The molecule has 0 aromatic heterocycles. The highest BCUT2D eigenvalue weighted by Gasteiger charge is 2.00. The minimum absolute atomic E-state index is 0.311. The van der Waals surface area contributed by atoms with Gasteiger partial charge in [0.05, 0.1) is 6.67 Å². The van der Waals surface area contributed by atoms with Gasteiger partial charge in [0.1, 0.15) is 0 Å². The van der Waals surface area contributed by atoms with Gasteiger partial charge in [-0.1, -0.05) is 36.4 Å². The number of allylic oxidation sites excluding steroid dienone is 4. The number of hydrogen-bond donors (Lipinski definition) is 2. The van der Waals surface area contributed by atoms with Crippen LogP contribution in [0.3, 0.4) is 0 Å². The van der Waals surface area contributed by atoms with Crippen LogP contribution in [0.1, 0.15) is 43.7 Å². The number of alkyl halides is 1. The first-order valence-electron chi connectivity index (χ1n) is 7.77. The largest absolute Gasteiger partial charge is 0.403 e. The second-order valence-electron chi connectivity index (χ2n) is 5.46. The van der Waals surface area contributed by atoms with E-state index >= 15 is 0 Å². The van der Waals surface area contributed by atoms with Gasteiger partial charge in [0, 0.05) is 11.4 Å². The summed E-state index contributed by atoms with van der Waals surface area (Å²) in [7, 11) is 0. The monoisotopic (exact) mass is 302 g/mol. The molecule has 3 heteroatoms. The number of aryl methyl sites for hydroxylation is 1. The molecule has 1 aromatic carbocycles. The second-order valence-corrected chi connectivity index (χ2v) is 5.46. The molecule has 0 saturated carbocycles. The summed E-state index contributed by atoms with van der Waals surface area (Å²) in [4.78, 5) is 0. The summed E-state index contributed by atoms with van der Waals surface area (Å²) in [6.07, 6.45) is 10.3. The second kappa shape index (κ2) is 9.82. The molecule has 2 nitrogen and oxygen atoms in total. The van der Waals surface area contributed by atoms with Gasteiger partial charge in [0.15, 0.2) is 0 Å². The van der Waals surface area contributed by atoms with Crippen LogP contribution in [0.25, 0.3) is 6.08 Å². The van der Waals surface area contributed by atoms with Crippen molar-refractivity contribution in [3.63, 3.8) is 0 Å². The average Bonchev–Trinajstić information content (AvgIpc) is 2.50. The number of rotatable bonds is 9. The van der Waals surface area contributed by atoms with Crippen molar-refractivity contribution in [2.45, 2.75) is 39.0 Å². The average molecular weight is 302 g/mol. The van der Waals surface area contributed by atoms with Crippen LogP contribution in [0, 0.1) is 0 Å². The summed E-state index contributed by atoms with van der Waals surface area (Å²) < 4.78 is 12.3. The van der Waals surface area contributed by atoms with Crippen molar-refractivity contribution in [3.8, 4) is 0 Å². The molecule has 0 aliphatic heterocycles. The minimum atomic E-state index is -0.311. The number of halogens is 1. The fourth-order valence-corrected chi connectivity index (χ4v) is 2.25. The highest BCUT2D eigenvalue weighted by atomic mass is 19.1. The zero-order valence-corrected chi connectivity index (χ0v) is 13.4. The van der Waals surface area contributed by atoms with Gasteiger partial charge in [-0.3, -0.25) is 4.39 Å². The van der Waals surface area contributed by atoms with Crippen LogP contribution in [0.5, 0.6) is 0 Å². The van der Waals surface area contributed by atoms with Crippen LogP contribution in [0.15, 0.2) is 48.2 Å². The van der Waals surface area contributed by atoms with E-state index < -0.39 is 0 Å². The molecule has 0 atom stereocenters. The standard InChI is InChI=1S/C19H27FN2/c1-3-16(7-4-6-15(2)21)9-10-17-11-12-19(22)18(14-17)8-5-13-20/h3,9-12,14H,2,4-8,13,21-22H2,1H3/b10-9+,16-3+. The van der Waals surface area contributed by atoms with Crippen molar-refractivity contribution < 1.29 is 4.39 Å². The molecule has 120 valence electrons. The minimum Gasteiger partial charge on any atom is -0.403 e. The lowest BCUT2D eigenvalue weighted by Crippen LogP contribution is -1.96.